The van der Waals surface area contributed by atoms with E-state index in [-0.39, 0.29) is 0 Å². The van der Waals surface area contributed by atoms with Gasteiger partial charge < -0.3 is 5.73 Å². The fourth-order valence-electron chi connectivity index (χ4n) is 1.93. The highest BCUT2D eigenvalue weighted by molar-refractivity contribution is 5.88. The van der Waals surface area contributed by atoms with Crippen LogP contribution in [0.4, 0.5) is 5.82 Å². The van der Waals surface area contributed by atoms with Crippen LogP contribution >= 0.6 is 0 Å². The van der Waals surface area contributed by atoms with Gasteiger partial charge in [-0.3, -0.25) is 0 Å². The van der Waals surface area contributed by atoms with E-state index in [1.54, 1.807) is 0 Å². The minimum atomic E-state index is 0.512. The van der Waals surface area contributed by atoms with Crippen LogP contribution in [0.1, 0.15) is 11.4 Å². The largest absolute Gasteiger partial charge is 0.383 e. The molecule has 3 rings (SSSR count). The maximum Gasteiger partial charge on any atom is 0.154 e. The van der Waals surface area contributed by atoms with Gasteiger partial charge in [0, 0.05) is 5.39 Å². The van der Waals surface area contributed by atoms with Gasteiger partial charge >= 0.3 is 0 Å². The molecule has 0 unspecified atom stereocenters. The van der Waals surface area contributed by atoms with Crippen molar-refractivity contribution in [1.29, 1.82) is 0 Å². The first-order chi connectivity index (χ1) is 9.33. The van der Waals surface area contributed by atoms with Crippen molar-refractivity contribution < 1.29 is 0 Å². The van der Waals surface area contributed by atoms with E-state index >= 15 is 0 Å². The lowest BCUT2D eigenvalue weighted by atomic mass is 10.2. The lowest BCUT2D eigenvalue weighted by molar-refractivity contribution is 1.19. The standard InChI is InChI=1S/C16H13N3/c17-16-13-8-4-5-9-14(13)18-15(19-16)11-10-12-6-2-1-3-7-12/h1-11H,(H2,17,18,19)/b11-10+. The fraction of sp³-hybridized carbons (Fsp3) is 0. The number of anilines is 1. The van der Waals surface area contributed by atoms with Crippen LogP contribution in [0, 0.1) is 0 Å². The Hall–Kier alpha value is -2.68. The summed E-state index contributed by atoms with van der Waals surface area (Å²) in [7, 11) is 0. The Morgan fingerprint density at radius 3 is 2.37 bits per heavy atom. The van der Waals surface area contributed by atoms with Crippen LogP contribution < -0.4 is 5.73 Å². The highest BCUT2D eigenvalue weighted by atomic mass is 14.9. The summed E-state index contributed by atoms with van der Waals surface area (Å²) >= 11 is 0. The Morgan fingerprint density at radius 1 is 0.789 bits per heavy atom. The second-order valence-corrected chi connectivity index (χ2v) is 4.23. The van der Waals surface area contributed by atoms with Gasteiger partial charge in [0.25, 0.3) is 0 Å². The molecule has 3 heteroatoms. The van der Waals surface area contributed by atoms with Crippen molar-refractivity contribution in [2.75, 3.05) is 5.73 Å². The lowest BCUT2D eigenvalue weighted by Crippen LogP contribution is -1.97. The molecule has 0 saturated heterocycles. The Kier molecular flexibility index (Phi) is 2.94. The Balaban J connectivity index is 2.00. The SMILES string of the molecule is Nc1nc(/C=C/c2ccccc2)nc2ccccc12. The van der Waals surface area contributed by atoms with Crippen molar-refractivity contribution in [2.24, 2.45) is 0 Å². The molecule has 0 fully saturated rings. The Bertz CT molecular complexity index is 733. The number of aromatic nitrogens is 2. The lowest BCUT2D eigenvalue weighted by Gasteiger charge is -2.01. The molecule has 0 aliphatic carbocycles. The zero-order valence-electron chi connectivity index (χ0n) is 10.3. The first-order valence-electron chi connectivity index (χ1n) is 6.08. The van der Waals surface area contributed by atoms with E-state index in [4.69, 9.17) is 5.73 Å². The van der Waals surface area contributed by atoms with Crippen LogP contribution in [0.15, 0.2) is 54.6 Å². The van der Waals surface area contributed by atoms with Crippen LogP contribution in [-0.4, -0.2) is 9.97 Å². The van der Waals surface area contributed by atoms with Gasteiger partial charge in [-0.2, -0.15) is 0 Å². The van der Waals surface area contributed by atoms with Crippen molar-refractivity contribution >= 4 is 28.9 Å². The van der Waals surface area contributed by atoms with E-state index in [0.29, 0.717) is 11.6 Å². The van der Waals surface area contributed by atoms with Gasteiger partial charge in [-0.05, 0) is 23.8 Å². The summed E-state index contributed by atoms with van der Waals surface area (Å²) in [5.41, 5.74) is 7.91. The number of rotatable bonds is 2. The third kappa shape index (κ3) is 2.45. The van der Waals surface area contributed by atoms with Gasteiger partial charge in [-0.25, -0.2) is 9.97 Å². The Morgan fingerprint density at radius 2 is 1.53 bits per heavy atom. The minimum Gasteiger partial charge on any atom is -0.383 e. The molecule has 0 radical (unpaired) electrons. The molecular formula is C16H13N3. The van der Waals surface area contributed by atoms with Crippen molar-refractivity contribution in [3.8, 4) is 0 Å². The van der Waals surface area contributed by atoms with Crippen LogP contribution in [0.2, 0.25) is 0 Å². The number of nitrogens with two attached hydrogens (primary N) is 1. The zero-order valence-corrected chi connectivity index (χ0v) is 10.3. The molecule has 3 aromatic rings. The molecule has 0 spiro atoms. The molecule has 0 amide bonds. The summed E-state index contributed by atoms with van der Waals surface area (Å²) in [4.78, 5) is 8.77. The summed E-state index contributed by atoms with van der Waals surface area (Å²) in [6.07, 6.45) is 3.85. The molecule has 0 saturated carbocycles. The molecule has 0 bridgehead atoms. The summed E-state index contributed by atoms with van der Waals surface area (Å²) in [6, 6.07) is 17.8. The molecule has 19 heavy (non-hydrogen) atoms. The maximum absolute atomic E-state index is 5.94. The van der Waals surface area contributed by atoms with Gasteiger partial charge in [0.2, 0.25) is 0 Å². The topological polar surface area (TPSA) is 51.8 Å². The monoisotopic (exact) mass is 247 g/mol. The molecule has 0 atom stereocenters. The number of fused-ring (bicyclic) bond motifs is 1. The van der Waals surface area contributed by atoms with Crippen molar-refractivity contribution in [3.05, 3.63) is 66.0 Å². The predicted octanol–water partition coefficient (Wildman–Crippen LogP) is 3.38. The molecule has 1 aromatic heterocycles. The van der Waals surface area contributed by atoms with Gasteiger partial charge in [-0.1, -0.05) is 48.5 Å². The third-order valence-corrected chi connectivity index (χ3v) is 2.87. The zero-order chi connectivity index (χ0) is 13.1. The Labute approximate surface area is 111 Å². The summed E-state index contributed by atoms with van der Waals surface area (Å²) in [5, 5.41) is 0.888. The van der Waals surface area contributed by atoms with E-state index in [1.165, 1.54) is 0 Å². The maximum atomic E-state index is 5.94. The summed E-state index contributed by atoms with van der Waals surface area (Å²) < 4.78 is 0. The van der Waals surface area contributed by atoms with E-state index in [2.05, 4.69) is 9.97 Å². The minimum absolute atomic E-state index is 0.512. The number of nitrogens with zero attached hydrogens (tertiary/aromatic N) is 2. The smallest absolute Gasteiger partial charge is 0.154 e. The van der Waals surface area contributed by atoms with E-state index < -0.39 is 0 Å². The van der Waals surface area contributed by atoms with Gasteiger partial charge in [-0.15, -0.1) is 0 Å². The molecule has 3 nitrogen and oxygen atoms in total. The molecule has 0 aliphatic rings. The summed E-state index contributed by atoms with van der Waals surface area (Å²) in [6.45, 7) is 0. The quantitative estimate of drug-likeness (QED) is 0.755. The van der Waals surface area contributed by atoms with E-state index in [0.717, 1.165) is 16.5 Å². The molecule has 1 heterocycles. The predicted molar refractivity (Wildman–Crippen MR) is 79.3 cm³/mol. The average molecular weight is 247 g/mol. The molecule has 2 aromatic carbocycles. The molecule has 2 N–H and O–H groups in total. The van der Waals surface area contributed by atoms with Crippen LogP contribution in [0.5, 0.6) is 0 Å². The van der Waals surface area contributed by atoms with Crippen molar-refractivity contribution in [3.63, 3.8) is 0 Å². The van der Waals surface area contributed by atoms with Crippen LogP contribution in [-0.2, 0) is 0 Å². The van der Waals surface area contributed by atoms with Crippen LogP contribution in [0.25, 0.3) is 23.1 Å². The number of para-hydroxylation sites is 1. The highest BCUT2D eigenvalue weighted by Crippen LogP contribution is 2.17. The first kappa shape index (κ1) is 11.4. The highest BCUT2D eigenvalue weighted by Gasteiger charge is 2.01. The second kappa shape index (κ2) is 4.90. The second-order valence-electron chi connectivity index (χ2n) is 4.23. The fourth-order valence-corrected chi connectivity index (χ4v) is 1.93. The van der Waals surface area contributed by atoms with Crippen molar-refractivity contribution in [1.82, 2.24) is 9.97 Å². The van der Waals surface area contributed by atoms with Gasteiger partial charge in [0.05, 0.1) is 5.52 Å². The number of hydrogen-bond donors (Lipinski definition) is 1. The number of hydrogen-bond acceptors (Lipinski definition) is 3. The van der Waals surface area contributed by atoms with Crippen LogP contribution in [0.3, 0.4) is 0 Å². The number of benzene rings is 2. The van der Waals surface area contributed by atoms with Gasteiger partial charge in [0.15, 0.2) is 5.82 Å². The van der Waals surface area contributed by atoms with E-state index in [9.17, 15) is 0 Å². The molecular weight excluding hydrogens is 234 g/mol. The first-order valence-corrected chi connectivity index (χ1v) is 6.08. The normalized spacial score (nSPS) is 11.2. The average Bonchev–Trinajstić information content (AvgIpc) is 2.46. The van der Waals surface area contributed by atoms with Crippen molar-refractivity contribution in [2.45, 2.75) is 0 Å². The number of nitrogen functional groups attached to an aromatic ring is 1. The molecule has 0 aliphatic heterocycles. The van der Waals surface area contributed by atoms with Gasteiger partial charge in [0.1, 0.15) is 5.82 Å². The molecule has 92 valence electrons. The third-order valence-electron chi connectivity index (χ3n) is 2.87. The van der Waals surface area contributed by atoms with E-state index in [1.807, 2.05) is 66.7 Å². The summed E-state index contributed by atoms with van der Waals surface area (Å²) in [5.74, 6) is 1.14.